The highest BCUT2D eigenvalue weighted by Crippen LogP contribution is 2.59. The van der Waals surface area contributed by atoms with Gasteiger partial charge in [-0.15, -0.1) is 0 Å². The highest BCUT2D eigenvalue weighted by Gasteiger charge is 2.48. The molecule has 18 heteroatoms. The highest BCUT2D eigenvalue weighted by atomic mass is 16.5. The van der Waals surface area contributed by atoms with Crippen molar-refractivity contribution < 1.29 is 33.4 Å². The van der Waals surface area contributed by atoms with Gasteiger partial charge in [0.25, 0.3) is 5.91 Å². The van der Waals surface area contributed by atoms with E-state index >= 15 is 0 Å². The molecule has 4 aromatic rings. The molecule has 0 saturated heterocycles. The van der Waals surface area contributed by atoms with E-state index in [9.17, 15) is 29.2 Å². The van der Waals surface area contributed by atoms with Crippen molar-refractivity contribution in [3.63, 3.8) is 0 Å². The van der Waals surface area contributed by atoms with Gasteiger partial charge in [0, 0.05) is 49.4 Å². The van der Waals surface area contributed by atoms with Crippen molar-refractivity contribution in [1.82, 2.24) is 36.1 Å². The first-order valence-electron chi connectivity index (χ1n) is 24.7. The van der Waals surface area contributed by atoms with Crippen LogP contribution in [0.3, 0.4) is 0 Å². The molecule has 18 nitrogen and oxygen atoms in total. The summed E-state index contributed by atoms with van der Waals surface area (Å²) in [5.41, 5.74) is 22.5. The van der Waals surface area contributed by atoms with Gasteiger partial charge in [0.05, 0.1) is 17.3 Å². The number of carbonyl (C=O) groups is 5. The van der Waals surface area contributed by atoms with E-state index in [2.05, 4.69) is 50.5 Å². The van der Waals surface area contributed by atoms with Gasteiger partial charge in [-0.05, 0) is 129 Å². The average Bonchev–Trinajstić information content (AvgIpc) is 3.36. The minimum atomic E-state index is -1.40. The minimum Gasteiger partial charge on any atom is -0.492 e. The molecule has 4 unspecified atom stereocenters. The van der Waals surface area contributed by atoms with Crippen LogP contribution in [0, 0.1) is 41.9 Å². The molecule has 1 aromatic heterocycles. The van der Waals surface area contributed by atoms with Crippen LogP contribution in [0.2, 0.25) is 0 Å². The summed E-state index contributed by atoms with van der Waals surface area (Å²) in [5.74, 6) is 1.89. The summed E-state index contributed by atoms with van der Waals surface area (Å²) in [7, 11) is 1.43. The first-order valence-corrected chi connectivity index (χ1v) is 24.7. The number of amides is 5. The van der Waals surface area contributed by atoms with E-state index in [1.165, 1.54) is 62.7 Å². The molecule has 0 radical (unpaired) electrons. The van der Waals surface area contributed by atoms with Crippen molar-refractivity contribution in [3.8, 4) is 40.1 Å². The summed E-state index contributed by atoms with van der Waals surface area (Å²) in [5, 5.41) is 20.0. The Hall–Kier alpha value is -6.94. The average molecular weight is 968 g/mol. The maximum atomic E-state index is 14.8. The van der Waals surface area contributed by atoms with Gasteiger partial charge in [0.15, 0.2) is 5.82 Å². The Bertz CT molecular complexity index is 2640. The standard InChI is InChI=1S/C53H65N11O7/c1-29-41(28-59-48(60-29)35-7-5-34(6-8-35)46-37-21-32-20-33(23-37)24-38(46)22-32)50(66)62-42(12-13-54)53(69)64(3)47-36-9-11-45(71-19-16-57)40(27-36)39-25-31(4-10-44(39)70-18-15-56)26-43(51(67)58-17-14-55)63-49(65)30(2)61-52(47)68/h4-11,25,27-28,30,32-33,37-38,42-43,46-47H,12-13,15-24,26,54,56-57H2,1-3H3,(H,58,67)(H,61,68)(H,62,66)(H,63,65). The van der Waals surface area contributed by atoms with Crippen LogP contribution in [0.4, 0.5) is 0 Å². The fourth-order valence-corrected chi connectivity index (χ4v) is 11.5. The predicted molar refractivity (Wildman–Crippen MR) is 265 cm³/mol. The Balaban J connectivity index is 1.08. The van der Waals surface area contributed by atoms with Crippen LogP contribution in [0.25, 0.3) is 22.5 Å². The van der Waals surface area contributed by atoms with Crippen LogP contribution in [0.5, 0.6) is 11.5 Å². The van der Waals surface area contributed by atoms with Crippen LogP contribution in [-0.2, 0) is 25.6 Å². The second-order valence-electron chi connectivity index (χ2n) is 19.5. The molecule has 9 rings (SSSR count). The van der Waals surface area contributed by atoms with Gasteiger partial charge >= 0.3 is 0 Å². The van der Waals surface area contributed by atoms with E-state index in [1.54, 1.807) is 43.3 Å². The summed E-state index contributed by atoms with van der Waals surface area (Å²) >= 11 is 0. The number of hydrogen-bond donors (Lipinski definition) is 7. The van der Waals surface area contributed by atoms with Gasteiger partial charge in [0.1, 0.15) is 55.4 Å². The lowest BCUT2D eigenvalue weighted by molar-refractivity contribution is -0.141. The van der Waals surface area contributed by atoms with Crippen molar-refractivity contribution >= 4 is 29.5 Å². The zero-order valence-corrected chi connectivity index (χ0v) is 40.6. The summed E-state index contributed by atoms with van der Waals surface area (Å²) < 4.78 is 12.2. The van der Waals surface area contributed by atoms with E-state index in [0.29, 0.717) is 51.2 Å². The molecule has 10 N–H and O–H groups in total. The van der Waals surface area contributed by atoms with Gasteiger partial charge < -0.3 is 52.8 Å². The molecular formula is C53H65N11O7. The van der Waals surface area contributed by atoms with Crippen molar-refractivity contribution in [2.24, 2.45) is 40.9 Å². The second kappa shape index (κ2) is 22.4. The lowest BCUT2D eigenvalue weighted by Crippen LogP contribution is -2.56. The number of rotatable bonds is 16. The Kier molecular flexibility index (Phi) is 15.9. The van der Waals surface area contributed by atoms with Gasteiger partial charge in [-0.1, -0.05) is 36.4 Å². The Morgan fingerprint density at radius 1 is 0.845 bits per heavy atom. The quantitative estimate of drug-likeness (QED) is 0.0796. The number of benzene rings is 3. The summed E-state index contributed by atoms with van der Waals surface area (Å²) in [6.45, 7) is 3.56. The van der Waals surface area contributed by atoms with Gasteiger partial charge in [-0.2, -0.15) is 5.26 Å². The predicted octanol–water partition coefficient (Wildman–Crippen LogP) is 3.17. The van der Waals surface area contributed by atoms with Crippen molar-refractivity contribution in [2.45, 2.75) is 88.9 Å². The molecule has 3 aromatic carbocycles. The maximum absolute atomic E-state index is 14.8. The number of fused-ring (bicyclic) bond motifs is 5. The van der Waals surface area contributed by atoms with Crippen molar-refractivity contribution in [1.29, 1.82) is 5.26 Å². The van der Waals surface area contributed by atoms with E-state index in [4.69, 9.17) is 31.7 Å². The third-order valence-electron chi connectivity index (χ3n) is 14.6. The molecule has 71 heavy (non-hydrogen) atoms. The number of aromatic nitrogens is 2. The number of carbonyl (C=O) groups excluding carboxylic acids is 5. The molecule has 374 valence electrons. The Labute approximate surface area is 414 Å². The molecular weight excluding hydrogens is 903 g/mol. The number of nitriles is 1. The molecule has 4 saturated carbocycles. The molecule has 0 spiro atoms. The van der Waals surface area contributed by atoms with Crippen molar-refractivity contribution in [3.05, 3.63) is 94.8 Å². The summed E-state index contributed by atoms with van der Waals surface area (Å²) in [6, 6.07) is 15.7. The number of likely N-dealkylation sites (N-methyl/N-ethyl adjacent to an activating group) is 1. The molecule has 4 atom stereocenters. The van der Waals surface area contributed by atoms with E-state index in [0.717, 1.165) is 29.2 Å². The third-order valence-corrected chi connectivity index (χ3v) is 14.6. The third kappa shape index (κ3) is 11.2. The summed E-state index contributed by atoms with van der Waals surface area (Å²) in [4.78, 5) is 81.2. The lowest BCUT2D eigenvalue weighted by atomic mass is 9.51. The van der Waals surface area contributed by atoms with Gasteiger partial charge in [-0.3, -0.25) is 24.0 Å². The lowest BCUT2D eigenvalue weighted by Gasteiger charge is -2.54. The number of aryl methyl sites for hydroxylation is 1. The van der Waals surface area contributed by atoms with Crippen LogP contribution in [-0.4, -0.2) is 109 Å². The monoisotopic (exact) mass is 968 g/mol. The number of ether oxygens (including phenoxy) is 2. The van der Waals surface area contributed by atoms with Gasteiger partial charge in [-0.25, -0.2) is 9.97 Å². The molecule has 5 amide bonds. The van der Waals surface area contributed by atoms with Gasteiger partial charge in [0.2, 0.25) is 23.6 Å². The zero-order valence-electron chi connectivity index (χ0n) is 40.6. The Morgan fingerprint density at radius 3 is 2.10 bits per heavy atom. The molecule has 4 aliphatic carbocycles. The molecule has 5 aliphatic rings. The van der Waals surface area contributed by atoms with Crippen LogP contribution in [0.1, 0.15) is 90.2 Å². The second-order valence-corrected chi connectivity index (χ2v) is 19.5. The highest BCUT2D eigenvalue weighted by molar-refractivity contribution is 6.00. The molecule has 4 fully saturated rings. The first-order chi connectivity index (χ1) is 34.3. The largest absolute Gasteiger partial charge is 0.492 e. The summed E-state index contributed by atoms with van der Waals surface area (Å²) in [6.07, 6.45) is 8.25. The van der Waals surface area contributed by atoms with E-state index < -0.39 is 53.7 Å². The number of nitrogens with one attached hydrogen (secondary N) is 4. The SMILES string of the molecule is Cc1nc(-c2ccc(C3C4CC5CC(C4)CC3C5)cc2)ncc1C(=O)NC(CCN)C(=O)N(C)C1C(=O)NC(C)C(=O)NC(C(=O)NCC#N)Cc2ccc(OCCN)c(c2)-c2cc1ccc2OCCN. The van der Waals surface area contributed by atoms with E-state index in [1.807, 2.05) is 6.07 Å². The smallest absolute Gasteiger partial charge is 0.255 e. The van der Waals surface area contributed by atoms with Crippen LogP contribution < -0.4 is 47.9 Å². The molecule has 8 bridgehead atoms. The van der Waals surface area contributed by atoms with E-state index in [-0.39, 0.29) is 57.8 Å². The minimum absolute atomic E-state index is 0.00569. The number of hydrogen-bond acceptors (Lipinski definition) is 13. The number of nitrogens with two attached hydrogens (primary N) is 3. The number of nitrogens with zero attached hydrogens (tertiary/aromatic N) is 4. The van der Waals surface area contributed by atoms with Crippen LogP contribution >= 0.6 is 0 Å². The fraction of sp³-hybridized carbons (Fsp3) is 0.472. The molecule has 1 aliphatic heterocycles. The fourth-order valence-electron chi connectivity index (χ4n) is 11.5. The molecule has 2 heterocycles. The van der Waals surface area contributed by atoms with Crippen LogP contribution in [0.15, 0.2) is 66.9 Å². The Morgan fingerprint density at radius 2 is 1.48 bits per heavy atom. The zero-order chi connectivity index (χ0) is 50.3. The van der Waals surface area contributed by atoms with Crippen molar-refractivity contribution in [2.75, 3.05) is 46.4 Å². The topological polar surface area (TPSA) is 283 Å². The normalized spacial score (nSPS) is 23.8. The maximum Gasteiger partial charge on any atom is 0.255 e. The first kappa shape index (κ1) is 50.4.